The average molecular weight is 595 g/mol. The summed E-state index contributed by atoms with van der Waals surface area (Å²) >= 11 is 0. The van der Waals surface area contributed by atoms with E-state index in [2.05, 4.69) is 15.3 Å². The molecule has 11 nitrogen and oxygen atoms in total. The number of alkyl carbamates (subject to hydrolysis) is 1. The van der Waals surface area contributed by atoms with Crippen LogP contribution in [0.3, 0.4) is 0 Å². The number of nitrogens with zero attached hydrogens (tertiary/aromatic N) is 3. The molecule has 2 fully saturated rings. The Morgan fingerprint density at radius 1 is 1.15 bits per heavy atom. The van der Waals surface area contributed by atoms with Crippen LogP contribution in [0.1, 0.15) is 88.0 Å². The summed E-state index contributed by atoms with van der Waals surface area (Å²) in [5, 5.41) is 2.52. The number of carbonyl (C=O) groups excluding carboxylic acids is 2. The van der Waals surface area contributed by atoms with Crippen LogP contribution in [0.4, 0.5) is 4.79 Å². The number of hydrogen-bond donors (Lipinski definition) is 1. The zero-order valence-electron chi connectivity index (χ0n) is 26.0. The van der Waals surface area contributed by atoms with E-state index in [1.54, 1.807) is 25.7 Å². The molecule has 2 amide bonds. The SMILES string of the molecule is CC(C)[C@H](NC(=O)OC(C)(C)C)C(=O)N1CCC[C@H](CCCS(=O)(=O)c2ncc(B3OC(C)(C)C(C)(C)O3)cn2)C1. The number of likely N-dealkylation sites (tertiary alicyclic amines) is 1. The summed E-state index contributed by atoms with van der Waals surface area (Å²) in [6, 6.07) is -0.693. The number of hydrogen-bond acceptors (Lipinski definition) is 9. The highest BCUT2D eigenvalue weighted by Gasteiger charge is 2.52. The van der Waals surface area contributed by atoms with Crippen LogP contribution in [0, 0.1) is 11.8 Å². The third-order valence-corrected chi connectivity index (χ3v) is 9.51. The number of aromatic nitrogens is 2. The fraction of sp³-hybridized carbons (Fsp3) is 0.786. The predicted molar refractivity (Wildman–Crippen MR) is 156 cm³/mol. The third-order valence-electron chi connectivity index (χ3n) is 7.91. The molecule has 1 aromatic heterocycles. The van der Waals surface area contributed by atoms with Crippen LogP contribution in [-0.2, 0) is 28.7 Å². The van der Waals surface area contributed by atoms with E-state index < -0.39 is 45.9 Å². The minimum atomic E-state index is -3.68. The molecule has 230 valence electrons. The van der Waals surface area contributed by atoms with Crippen LogP contribution in [0.5, 0.6) is 0 Å². The lowest BCUT2D eigenvalue weighted by Crippen LogP contribution is -2.54. The highest BCUT2D eigenvalue weighted by Crippen LogP contribution is 2.36. The Balaban J connectivity index is 1.53. The van der Waals surface area contributed by atoms with Crippen LogP contribution >= 0.6 is 0 Å². The highest BCUT2D eigenvalue weighted by molar-refractivity contribution is 7.91. The van der Waals surface area contributed by atoms with Crippen molar-refractivity contribution in [2.75, 3.05) is 18.8 Å². The maximum atomic E-state index is 13.3. The van der Waals surface area contributed by atoms with Crippen LogP contribution < -0.4 is 10.8 Å². The molecule has 0 bridgehead atoms. The molecular formula is C28H47BN4O7S. The van der Waals surface area contributed by atoms with E-state index in [1.165, 1.54) is 12.4 Å². The largest absolute Gasteiger partial charge is 0.498 e. The summed E-state index contributed by atoms with van der Waals surface area (Å²) in [5.74, 6) is -0.165. The van der Waals surface area contributed by atoms with Crippen LogP contribution in [0.15, 0.2) is 17.6 Å². The van der Waals surface area contributed by atoms with Crippen LogP contribution in [0.25, 0.3) is 0 Å². The van der Waals surface area contributed by atoms with Gasteiger partial charge in [-0.1, -0.05) is 13.8 Å². The third kappa shape index (κ3) is 8.64. The van der Waals surface area contributed by atoms with Crippen molar-refractivity contribution in [3.05, 3.63) is 12.4 Å². The molecule has 0 aliphatic carbocycles. The minimum Gasteiger partial charge on any atom is -0.444 e. The van der Waals surface area contributed by atoms with Crippen molar-refractivity contribution >= 4 is 34.4 Å². The van der Waals surface area contributed by atoms with Crippen LogP contribution in [0.2, 0.25) is 0 Å². The second kappa shape index (κ2) is 12.5. The second-order valence-electron chi connectivity index (χ2n) is 13.5. The molecule has 2 atom stereocenters. The molecule has 0 spiro atoms. The van der Waals surface area contributed by atoms with E-state index in [4.69, 9.17) is 14.0 Å². The molecule has 1 N–H and O–H groups in total. The number of nitrogens with one attached hydrogen (secondary N) is 1. The Hall–Kier alpha value is -2.25. The van der Waals surface area contributed by atoms with Gasteiger partial charge in [-0.3, -0.25) is 4.79 Å². The molecule has 2 aliphatic rings. The van der Waals surface area contributed by atoms with Gasteiger partial charge in [0.1, 0.15) is 11.6 Å². The van der Waals surface area contributed by atoms with E-state index in [9.17, 15) is 18.0 Å². The second-order valence-corrected chi connectivity index (χ2v) is 15.5. The first-order valence-corrected chi connectivity index (χ1v) is 16.2. The first kappa shape index (κ1) is 33.3. The first-order chi connectivity index (χ1) is 18.8. The summed E-state index contributed by atoms with van der Waals surface area (Å²) in [5.41, 5.74) is -1.14. The fourth-order valence-electron chi connectivity index (χ4n) is 4.89. The normalized spacial score (nSPS) is 21.6. The molecular weight excluding hydrogens is 547 g/mol. The number of sulfone groups is 1. The van der Waals surface area contributed by atoms with Crippen LogP contribution in [-0.4, -0.2) is 84.1 Å². The van der Waals surface area contributed by atoms with Gasteiger partial charge < -0.3 is 24.3 Å². The van der Waals surface area contributed by atoms with Crippen molar-refractivity contribution in [2.45, 2.75) is 116 Å². The van der Waals surface area contributed by atoms with E-state index in [1.807, 2.05) is 41.5 Å². The molecule has 2 saturated heterocycles. The molecule has 0 aromatic carbocycles. The fourth-order valence-corrected chi connectivity index (χ4v) is 6.04. The Bertz CT molecular complexity index is 1170. The zero-order chi connectivity index (χ0) is 30.8. The van der Waals surface area contributed by atoms with E-state index >= 15 is 0 Å². The van der Waals surface area contributed by atoms with Gasteiger partial charge in [0.25, 0.3) is 0 Å². The number of amides is 2. The smallest absolute Gasteiger partial charge is 0.444 e. The van der Waals surface area contributed by atoms with Gasteiger partial charge >= 0.3 is 13.2 Å². The highest BCUT2D eigenvalue weighted by atomic mass is 32.2. The summed E-state index contributed by atoms with van der Waals surface area (Å²) in [4.78, 5) is 35.7. The number of rotatable bonds is 9. The Morgan fingerprint density at radius 2 is 1.73 bits per heavy atom. The molecule has 0 unspecified atom stereocenters. The van der Waals surface area contributed by atoms with Crippen molar-refractivity contribution in [3.63, 3.8) is 0 Å². The summed E-state index contributed by atoms with van der Waals surface area (Å²) < 4.78 is 43.2. The standard InChI is InChI=1S/C28H47BN4O7S/c1-19(2)22(32-25(35)38-26(3,4)5)23(34)33-14-10-12-20(18-33)13-11-15-41(36,37)24-30-16-21(17-31-24)29-39-27(6,7)28(8,9)40-29/h16-17,19-20,22H,10-15,18H2,1-9H3,(H,32,35)/t20-,22+/m1/s1. The molecule has 1 aromatic rings. The minimum absolute atomic E-state index is 0.0812. The lowest BCUT2D eigenvalue weighted by atomic mass is 9.81. The predicted octanol–water partition coefficient (Wildman–Crippen LogP) is 3.12. The molecule has 2 aliphatic heterocycles. The van der Waals surface area contributed by atoms with E-state index in [-0.39, 0.29) is 28.7 Å². The Labute approximate surface area is 245 Å². The summed E-state index contributed by atoms with van der Waals surface area (Å²) in [7, 11) is -4.34. The van der Waals surface area contributed by atoms with Crippen molar-refractivity contribution in [3.8, 4) is 0 Å². The molecule has 0 saturated carbocycles. The Kier molecular flexibility index (Phi) is 10.2. The lowest BCUT2D eigenvalue weighted by Gasteiger charge is -2.36. The average Bonchev–Trinajstić information content (AvgIpc) is 3.07. The zero-order valence-corrected chi connectivity index (χ0v) is 26.8. The van der Waals surface area contributed by atoms with Gasteiger partial charge in [-0.25, -0.2) is 23.2 Å². The van der Waals surface area contributed by atoms with Gasteiger partial charge in [0, 0.05) is 30.9 Å². The quantitative estimate of drug-likeness (QED) is 0.338. The topological polar surface area (TPSA) is 137 Å². The van der Waals surface area contributed by atoms with Crippen molar-refractivity contribution in [2.24, 2.45) is 11.8 Å². The number of ether oxygens (including phenoxy) is 1. The van der Waals surface area contributed by atoms with Gasteiger partial charge in [-0.2, -0.15) is 0 Å². The van der Waals surface area contributed by atoms with E-state index in [0.717, 1.165) is 12.8 Å². The first-order valence-electron chi connectivity index (χ1n) is 14.5. The molecule has 3 rings (SSSR count). The van der Waals surface area contributed by atoms with Gasteiger partial charge in [0.2, 0.25) is 20.9 Å². The van der Waals surface area contributed by atoms with Gasteiger partial charge in [0.15, 0.2) is 0 Å². The number of carbonyl (C=O) groups is 2. The maximum absolute atomic E-state index is 13.3. The van der Waals surface area contributed by atoms with Crippen molar-refractivity contribution < 1.29 is 32.1 Å². The molecule has 0 radical (unpaired) electrons. The van der Waals surface area contributed by atoms with Crippen molar-refractivity contribution in [1.29, 1.82) is 0 Å². The van der Waals surface area contributed by atoms with E-state index in [0.29, 0.717) is 31.4 Å². The molecule has 41 heavy (non-hydrogen) atoms. The van der Waals surface area contributed by atoms with Gasteiger partial charge in [-0.15, -0.1) is 0 Å². The molecule has 3 heterocycles. The Morgan fingerprint density at radius 3 is 2.27 bits per heavy atom. The number of piperidine rings is 1. The van der Waals surface area contributed by atoms with Gasteiger partial charge in [0.05, 0.1) is 17.0 Å². The molecule has 13 heteroatoms. The van der Waals surface area contributed by atoms with Crippen molar-refractivity contribution in [1.82, 2.24) is 20.2 Å². The monoisotopic (exact) mass is 594 g/mol. The lowest BCUT2D eigenvalue weighted by molar-refractivity contribution is -0.136. The maximum Gasteiger partial charge on any atom is 0.498 e. The summed E-state index contributed by atoms with van der Waals surface area (Å²) in [6.45, 7) is 18.0. The van der Waals surface area contributed by atoms with Gasteiger partial charge in [-0.05, 0) is 86.0 Å². The summed E-state index contributed by atoms with van der Waals surface area (Å²) in [6.07, 6.45) is 5.10.